The van der Waals surface area contributed by atoms with Crippen molar-refractivity contribution in [2.45, 2.75) is 19.1 Å². The second-order valence-corrected chi connectivity index (χ2v) is 8.49. The van der Waals surface area contributed by atoms with Gasteiger partial charge in [0.15, 0.2) is 8.32 Å². The molecule has 0 saturated heterocycles. The largest absolute Gasteiger partial charge is 0.420 e. The zero-order valence-corrected chi connectivity index (χ0v) is 10.1. The van der Waals surface area contributed by atoms with Crippen LogP contribution in [0.1, 0.15) is 5.56 Å². The lowest BCUT2D eigenvalue weighted by molar-refractivity contribution is 0.403. The molecule has 0 aromatic heterocycles. The number of hydrogen-bond acceptors (Lipinski definition) is 1. The highest BCUT2D eigenvalue weighted by Gasteiger charge is 2.20. The Kier molecular flexibility index (Phi) is 3.53. The second-order valence-electron chi connectivity index (χ2n) is 3.77. The maximum absolute atomic E-state index is 5.89. The molecule has 1 aromatic carbocycles. The zero-order chi connectivity index (χ0) is 9.90. The van der Waals surface area contributed by atoms with E-state index in [1.807, 2.05) is 18.2 Å². The van der Waals surface area contributed by atoms with Crippen molar-refractivity contribution >= 4 is 19.9 Å². The predicted octanol–water partition coefficient (Wildman–Crippen LogP) is 3.27. The minimum absolute atomic E-state index is 0.804. The van der Waals surface area contributed by atoms with Crippen LogP contribution in [0, 0.1) is 0 Å². The van der Waals surface area contributed by atoms with E-state index < -0.39 is 8.32 Å². The molecule has 0 amide bonds. The number of benzene rings is 1. The van der Waals surface area contributed by atoms with E-state index in [9.17, 15) is 0 Å². The van der Waals surface area contributed by atoms with Crippen LogP contribution in [-0.2, 0) is 10.5 Å². The van der Waals surface area contributed by atoms with E-state index in [1.165, 1.54) is 5.56 Å². The molecule has 0 unspecified atom stereocenters. The van der Waals surface area contributed by atoms with Gasteiger partial charge in [-0.15, -0.1) is 0 Å². The van der Waals surface area contributed by atoms with Gasteiger partial charge < -0.3 is 4.43 Å². The Hall–Kier alpha value is -0.313. The molecule has 0 radical (unpaired) electrons. The molecule has 0 bridgehead atoms. The second kappa shape index (κ2) is 4.27. The summed E-state index contributed by atoms with van der Waals surface area (Å²) >= 11 is 5.89. The van der Waals surface area contributed by atoms with Gasteiger partial charge in [-0.05, 0) is 36.8 Å². The Morgan fingerprint density at radius 2 is 2.08 bits per heavy atom. The van der Waals surface area contributed by atoms with Crippen LogP contribution >= 0.6 is 11.6 Å². The zero-order valence-electron chi connectivity index (χ0n) is 8.30. The van der Waals surface area contributed by atoms with Gasteiger partial charge in [-0.25, -0.2) is 0 Å². The van der Waals surface area contributed by atoms with Gasteiger partial charge in [0.2, 0.25) is 0 Å². The van der Waals surface area contributed by atoms with Crippen molar-refractivity contribution in [2.75, 3.05) is 7.11 Å². The van der Waals surface area contributed by atoms with Crippen molar-refractivity contribution < 1.29 is 4.43 Å². The van der Waals surface area contributed by atoms with E-state index >= 15 is 0 Å². The summed E-state index contributed by atoms with van der Waals surface area (Å²) in [6, 6.07) is 9.00. The standard InChI is InChI=1S/C10H15ClOSi/c1-12-13(2,3)8-9-5-4-6-10(11)7-9/h4-7H,8H2,1-3H3. The minimum Gasteiger partial charge on any atom is -0.420 e. The monoisotopic (exact) mass is 214 g/mol. The molecule has 1 aromatic rings. The molecule has 72 valence electrons. The van der Waals surface area contributed by atoms with E-state index in [4.69, 9.17) is 16.0 Å². The van der Waals surface area contributed by atoms with E-state index in [0.29, 0.717) is 0 Å². The highest BCUT2D eigenvalue weighted by molar-refractivity contribution is 6.70. The van der Waals surface area contributed by atoms with Crippen LogP contribution in [0.15, 0.2) is 24.3 Å². The summed E-state index contributed by atoms with van der Waals surface area (Å²) in [5.74, 6) is 0. The number of rotatable bonds is 3. The Balaban J connectivity index is 2.74. The van der Waals surface area contributed by atoms with Crippen LogP contribution in [0.25, 0.3) is 0 Å². The molecule has 0 atom stereocenters. The Labute approximate surface area is 85.8 Å². The molecule has 0 fully saturated rings. The van der Waals surface area contributed by atoms with Gasteiger partial charge in [-0.1, -0.05) is 23.7 Å². The van der Waals surface area contributed by atoms with Crippen LogP contribution in [0.2, 0.25) is 18.1 Å². The highest BCUT2D eigenvalue weighted by atomic mass is 35.5. The van der Waals surface area contributed by atoms with Crippen LogP contribution in [0.5, 0.6) is 0 Å². The molecule has 1 nitrogen and oxygen atoms in total. The van der Waals surface area contributed by atoms with Gasteiger partial charge in [0, 0.05) is 12.1 Å². The predicted molar refractivity (Wildman–Crippen MR) is 59.6 cm³/mol. The summed E-state index contributed by atoms with van der Waals surface area (Å²) < 4.78 is 5.48. The van der Waals surface area contributed by atoms with E-state index in [1.54, 1.807) is 7.11 Å². The third-order valence-electron chi connectivity index (χ3n) is 2.07. The smallest absolute Gasteiger partial charge is 0.190 e. The summed E-state index contributed by atoms with van der Waals surface area (Å²) in [5, 5.41) is 0.804. The number of halogens is 1. The summed E-state index contributed by atoms with van der Waals surface area (Å²) in [6.07, 6.45) is 0. The third-order valence-corrected chi connectivity index (χ3v) is 4.67. The first-order chi connectivity index (χ1) is 6.03. The van der Waals surface area contributed by atoms with E-state index in [0.717, 1.165) is 11.1 Å². The summed E-state index contributed by atoms with van der Waals surface area (Å²) in [6.45, 7) is 4.40. The van der Waals surface area contributed by atoms with E-state index in [2.05, 4.69) is 19.2 Å². The third kappa shape index (κ3) is 3.51. The van der Waals surface area contributed by atoms with E-state index in [-0.39, 0.29) is 0 Å². The molecule has 0 aliphatic heterocycles. The molecule has 0 spiro atoms. The Morgan fingerprint density at radius 3 is 2.62 bits per heavy atom. The molecule has 13 heavy (non-hydrogen) atoms. The first-order valence-corrected chi connectivity index (χ1v) is 7.82. The first kappa shape index (κ1) is 10.8. The normalized spacial score (nSPS) is 11.7. The van der Waals surface area contributed by atoms with Crippen LogP contribution in [0.4, 0.5) is 0 Å². The topological polar surface area (TPSA) is 9.23 Å². The fourth-order valence-electron chi connectivity index (χ4n) is 1.21. The Bertz CT molecular complexity index is 286. The first-order valence-electron chi connectivity index (χ1n) is 4.33. The van der Waals surface area contributed by atoms with Crippen molar-refractivity contribution in [3.8, 4) is 0 Å². The Morgan fingerprint density at radius 1 is 1.38 bits per heavy atom. The lowest BCUT2D eigenvalue weighted by atomic mass is 10.2. The molecule has 0 aliphatic carbocycles. The molecular weight excluding hydrogens is 200 g/mol. The van der Waals surface area contributed by atoms with Gasteiger partial charge in [-0.3, -0.25) is 0 Å². The fourth-order valence-corrected chi connectivity index (χ4v) is 2.77. The SMILES string of the molecule is CO[Si](C)(C)Cc1cccc(Cl)c1. The quantitative estimate of drug-likeness (QED) is 0.702. The maximum Gasteiger partial charge on any atom is 0.190 e. The van der Waals surface area contributed by atoms with Crippen molar-refractivity contribution in [3.05, 3.63) is 34.9 Å². The van der Waals surface area contributed by atoms with Gasteiger partial charge in [-0.2, -0.15) is 0 Å². The van der Waals surface area contributed by atoms with Crippen molar-refractivity contribution in [3.63, 3.8) is 0 Å². The molecule has 0 saturated carbocycles. The van der Waals surface area contributed by atoms with Gasteiger partial charge in [0.05, 0.1) is 0 Å². The van der Waals surface area contributed by atoms with Gasteiger partial charge in [0.1, 0.15) is 0 Å². The van der Waals surface area contributed by atoms with Crippen molar-refractivity contribution in [1.82, 2.24) is 0 Å². The average Bonchev–Trinajstić information content (AvgIpc) is 2.03. The molecule has 0 aliphatic rings. The summed E-state index contributed by atoms with van der Waals surface area (Å²) in [7, 11) is 0.289. The van der Waals surface area contributed by atoms with Crippen LogP contribution in [0.3, 0.4) is 0 Å². The van der Waals surface area contributed by atoms with Gasteiger partial charge in [0.25, 0.3) is 0 Å². The average molecular weight is 215 g/mol. The summed E-state index contributed by atoms with van der Waals surface area (Å²) in [4.78, 5) is 0. The molecule has 3 heteroatoms. The van der Waals surface area contributed by atoms with Crippen LogP contribution in [-0.4, -0.2) is 15.4 Å². The van der Waals surface area contributed by atoms with Crippen LogP contribution < -0.4 is 0 Å². The molecule has 0 N–H and O–H groups in total. The van der Waals surface area contributed by atoms with Gasteiger partial charge >= 0.3 is 0 Å². The van der Waals surface area contributed by atoms with Crippen molar-refractivity contribution in [1.29, 1.82) is 0 Å². The lowest BCUT2D eigenvalue weighted by Gasteiger charge is -2.19. The van der Waals surface area contributed by atoms with Crippen molar-refractivity contribution in [2.24, 2.45) is 0 Å². The molecule has 1 rings (SSSR count). The highest BCUT2D eigenvalue weighted by Crippen LogP contribution is 2.16. The number of hydrogen-bond donors (Lipinski definition) is 0. The lowest BCUT2D eigenvalue weighted by Crippen LogP contribution is -2.32. The minimum atomic E-state index is -1.50. The maximum atomic E-state index is 5.89. The summed E-state index contributed by atoms with van der Waals surface area (Å²) in [5.41, 5.74) is 1.27. The molecular formula is C10H15ClOSi. The molecule has 0 heterocycles. The fraction of sp³-hybridized carbons (Fsp3) is 0.400.